The van der Waals surface area contributed by atoms with Crippen molar-refractivity contribution in [3.63, 3.8) is 0 Å². The van der Waals surface area contributed by atoms with Gasteiger partial charge in [0.25, 0.3) is 5.69 Å². The Morgan fingerprint density at radius 1 is 0.857 bits per heavy atom. The number of imidazole rings is 1. The van der Waals surface area contributed by atoms with Gasteiger partial charge in [0, 0.05) is 49.4 Å². The van der Waals surface area contributed by atoms with Crippen molar-refractivity contribution in [2.45, 2.75) is 104 Å². The maximum atomic E-state index is 13.8. The highest BCUT2D eigenvalue weighted by Crippen LogP contribution is 2.41. The van der Waals surface area contributed by atoms with Gasteiger partial charge in [-0.1, -0.05) is 128 Å². The minimum atomic E-state index is -1.41. The number of hydrogen-bond acceptors (Lipinski definition) is 19. The molecule has 10 rings (SSSR count). The zero-order valence-electron chi connectivity index (χ0n) is 47.4. The molecular weight excluding hydrogens is 1080 g/mol. The summed E-state index contributed by atoms with van der Waals surface area (Å²) in [5.41, 5.74) is 11.9. The molecule has 1 atom stereocenters. The van der Waals surface area contributed by atoms with Crippen molar-refractivity contribution in [3.05, 3.63) is 228 Å². The van der Waals surface area contributed by atoms with Gasteiger partial charge in [-0.2, -0.15) is 5.21 Å². The number of aromatic nitrogens is 6. The summed E-state index contributed by atoms with van der Waals surface area (Å²) >= 11 is 0. The van der Waals surface area contributed by atoms with Gasteiger partial charge in [0.2, 0.25) is 5.82 Å². The molecule has 0 saturated carbocycles. The lowest BCUT2D eigenvalue weighted by Crippen LogP contribution is -2.54. The first-order valence-electron chi connectivity index (χ1n) is 27.3. The Balaban J connectivity index is 0.000000202. The Kier molecular flexibility index (Phi) is 17.9. The highest BCUT2D eigenvalue weighted by Gasteiger charge is 2.43. The van der Waals surface area contributed by atoms with Crippen molar-refractivity contribution in [2.75, 3.05) is 13.1 Å². The number of nitrogens with two attached hydrogens (primary N) is 1. The molecule has 0 radical (unpaired) electrons. The number of aromatic amines is 1. The van der Waals surface area contributed by atoms with Crippen LogP contribution in [0.3, 0.4) is 0 Å². The summed E-state index contributed by atoms with van der Waals surface area (Å²) in [6, 6.07) is 41.7. The largest absolute Gasteiger partial charge is 0.519 e. The molecule has 0 amide bonds. The van der Waals surface area contributed by atoms with E-state index < -0.39 is 52.4 Å². The summed E-state index contributed by atoms with van der Waals surface area (Å²) < 4.78 is 28.6. The third kappa shape index (κ3) is 13.3. The molecule has 2 aliphatic heterocycles. The van der Waals surface area contributed by atoms with E-state index in [-0.39, 0.29) is 58.2 Å². The second kappa shape index (κ2) is 25.6. The van der Waals surface area contributed by atoms with Crippen LogP contribution in [0.15, 0.2) is 170 Å². The minimum Gasteiger partial charge on any atom is -0.460 e. The van der Waals surface area contributed by atoms with E-state index >= 15 is 0 Å². The highest BCUT2D eigenvalue weighted by molar-refractivity contribution is 6.00. The molecule has 1 unspecified atom stereocenters. The van der Waals surface area contributed by atoms with Gasteiger partial charge in [0.05, 0.1) is 34.1 Å². The topological polar surface area (TPSA) is 299 Å². The minimum absolute atomic E-state index is 0.00271. The van der Waals surface area contributed by atoms with E-state index in [1.807, 2.05) is 91.9 Å². The predicted octanol–water partition coefficient (Wildman–Crippen LogP) is 8.86. The first-order chi connectivity index (χ1) is 40.3. The number of aliphatic hydroxyl groups is 1. The van der Waals surface area contributed by atoms with E-state index in [1.54, 1.807) is 52.2 Å². The van der Waals surface area contributed by atoms with Crippen molar-refractivity contribution in [1.82, 2.24) is 40.4 Å². The van der Waals surface area contributed by atoms with Crippen molar-refractivity contribution in [1.29, 1.82) is 0 Å². The number of ether oxygens (including phenoxy) is 3. The van der Waals surface area contributed by atoms with Crippen LogP contribution in [0, 0.1) is 17.0 Å². The molecule has 0 spiro atoms. The summed E-state index contributed by atoms with van der Waals surface area (Å²) in [5, 5.41) is 39.8. The van der Waals surface area contributed by atoms with Crippen LogP contribution in [0.1, 0.15) is 116 Å². The number of hydrogen-bond donors (Lipinski definition) is 4. The second-order valence-corrected chi connectivity index (χ2v) is 21.0. The number of likely N-dealkylation sites (tertiary alicyclic amines) is 1. The Morgan fingerprint density at radius 3 is 2.10 bits per heavy atom. The molecule has 2 aliphatic rings. The molecule has 434 valence electrons. The van der Waals surface area contributed by atoms with Gasteiger partial charge in [-0.05, 0) is 86.6 Å². The molecule has 1 fully saturated rings. The van der Waals surface area contributed by atoms with Gasteiger partial charge in [0.1, 0.15) is 29.0 Å². The monoisotopic (exact) mass is 1140 g/mol. The fourth-order valence-corrected chi connectivity index (χ4v) is 10.2. The SMILES string of the molecule is CC1=C(C(=O)OC(C)C)C(c2cccc([N+](=O)[O-])c2)C(C(=O)OC2CN(C(c3ccccc3)c3ccccc3)C2)=C(N)N1.CCCc1nc(C(C)(C)O)c(C(=O)OCc2oc(=O)oc2C)n1Cc1ccc(-c2ccccc2-c2nn[nH]n2)cc1. The average molecular weight is 1140 g/mol. The third-order valence-electron chi connectivity index (χ3n) is 14.1. The van der Waals surface area contributed by atoms with Gasteiger partial charge >= 0.3 is 23.7 Å². The number of non-ortho nitro benzene ring substituents is 1. The van der Waals surface area contributed by atoms with Gasteiger partial charge in [-0.3, -0.25) is 15.0 Å². The number of allylic oxidation sites excluding steroid dienone is 1. The van der Waals surface area contributed by atoms with Crippen LogP contribution < -0.4 is 16.9 Å². The van der Waals surface area contributed by atoms with E-state index in [1.165, 1.54) is 18.2 Å². The van der Waals surface area contributed by atoms with Gasteiger partial charge in [-0.15, -0.1) is 10.2 Å². The number of dihydropyridines is 1. The molecule has 22 heteroatoms. The zero-order valence-corrected chi connectivity index (χ0v) is 47.4. The molecule has 1 saturated heterocycles. The second-order valence-electron chi connectivity index (χ2n) is 21.0. The van der Waals surface area contributed by atoms with Gasteiger partial charge in [-0.25, -0.2) is 24.2 Å². The van der Waals surface area contributed by atoms with Crippen LogP contribution in [0.5, 0.6) is 0 Å². The number of carbonyl (C=O) groups is 3. The smallest absolute Gasteiger partial charge is 0.460 e. The van der Waals surface area contributed by atoms with Crippen LogP contribution in [0.2, 0.25) is 0 Å². The molecule has 0 aliphatic carbocycles. The Bertz CT molecular complexity index is 3740. The first-order valence-corrected chi connectivity index (χ1v) is 27.3. The van der Waals surface area contributed by atoms with Crippen LogP contribution >= 0.6 is 0 Å². The maximum Gasteiger partial charge on any atom is 0.519 e. The van der Waals surface area contributed by atoms with Crippen LogP contribution in [-0.4, -0.2) is 88.3 Å². The van der Waals surface area contributed by atoms with E-state index in [4.69, 9.17) is 28.8 Å². The molecule has 5 aromatic carbocycles. The zero-order chi connectivity index (χ0) is 59.8. The van der Waals surface area contributed by atoms with Crippen molar-refractivity contribution in [3.8, 4) is 22.5 Å². The number of nitro groups is 1. The fourth-order valence-electron chi connectivity index (χ4n) is 10.2. The molecule has 84 heavy (non-hydrogen) atoms. The van der Waals surface area contributed by atoms with Gasteiger partial charge in [0.15, 0.2) is 23.8 Å². The molecule has 8 aromatic rings. The lowest BCUT2D eigenvalue weighted by molar-refractivity contribution is -0.384. The average Bonchev–Trinajstić information content (AvgIpc) is 1.95. The van der Waals surface area contributed by atoms with Crippen molar-refractivity contribution in [2.24, 2.45) is 5.73 Å². The number of nitrogens with one attached hydrogen (secondary N) is 2. The predicted molar refractivity (Wildman–Crippen MR) is 307 cm³/mol. The number of tetrazole rings is 1. The number of esters is 3. The molecule has 0 bridgehead atoms. The highest BCUT2D eigenvalue weighted by atomic mass is 16.6. The number of aryl methyl sites for hydroxylation is 2. The summed E-state index contributed by atoms with van der Waals surface area (Å²) in [6.07, 6.45) is 0.511. The van der Waals surface area contributed by atoms with Crippen LogP contribution in [0.4, 0.5) is 5.69 Å². The Labute approximate surface area is 483 Å². The third-order valence-corrected chi connectivity index (χ3v) is 14.1. The van der Waals surface area contributed by atoms with Crippen molar-refractivity contribution >= 4 is 23.6 Å². The lowest BCUT2D eigenvalue weighted by atomic mass is 9.81. The van der Waals surface area contributed by atoms with E-state index in [0.717, 1.165) is 39.8 Å². The Hall–Kier alpha value is -9.80. The number of nitrogens with zero attached hydrogens (tertiary/aromatic N) is 7. The molecular formula is C62H64N10O12. The van der Waals surface area contributed by atoms with Crippen LogP contribution in [0.25, 0.3) is 22.5 Å². The van der Waals surface area contributed by atoms with Crippen LogP contribution in [-0.2, 0) is 49.0 Å². The number of benzene rings is 5. The quantitative estimate of drug-likeness (QED) is 0.0254. The summed E-state index contributed by atoms with van der Waals surface area (Å²) in [6.45, 7) is 12.8. The number of carbonyl (C=O) groups excluding carboxylic acids is 3. The van der Waals surface area contributed by atoms with E-state index in [9.17, 15) is 34.4 Å². The number of nitro benzene ring substituents is 1. The molecule has 5 N–H and O–H groups in total. The standard InChI is InChI=1S/C33H34N4O6.C29H30N6O6/c1-20(2)42-32(38)27-21(3)35-31(34)29(28(27)24-15-10-16-25(17-24)37(40)41)33(39)43-26-18-36(19-26)30(22-11-6-4-7-12-22)23-13-8-5-9-14-23;1-5-8-23-30-25(29(3,4)38)24(27(36)39-16-22-17(2)40-28(37)41-22)35(23)15-18-11-13-19(14-12-18)20-9-6-7-10-21(20)26-31-33-34-32-26/h4-17,20,26,28,30,35H,18-19,34H2,1-3H3;6-7,9-14,38H,5,8,15-16H2,1-4H3,(H,31,32,33,34). The molecule has 22 nitrogen and oxygen atoms in total. The Morgan fingerprint density at radius 2 is 1.51 bits per heavy atom. The lowest BCUT2D eigenvalue weighted by Gasteiger charge is -2.44. The number of H-pyrrole nitrogens is 1. The maximum absolute atomic E-state index is 13.8. The number of rotatable bonds is 19. The van der Waals surface area contributed by atoms with E-state index in [2.05, 4.69) is 60.1 Å². The van der Waals surface area contributed by atoms with Gasteiger partial charge < -0.3 is 43.8 Å². The van der Waals surface area contributed by atoms with E-state index in [0.29, 0.717) is 49.0 Å². The summed E-state index contributed by atoms with van der Waals surface area (Å²) in [7, 11) is 0. The fraction of sp³-hybridized carbons (Fsp3) is 0.290. The summed E-state index contributed by atoms with van der Waals surface area (Å²) in [5.74, 6) is -2.46. The van der Waals surface area contributed by atoms with Crippen molar-refractivity contribution < 1.29 is 47.5 Å². The molecule has 5 heterocycles. The summed E-state index contributed by atoms with van der Waals surface area (Å²) in [4.78, 5) is 69.9. The normalized spacial score (nSPS) is 14.6. The molecule has 3 aromatic heterocycles. The first kappa shape index (κ1) is 58.8.